The molecule has 19 heavy (non-hydrogen) atoms. The zero-order valence-corrected chi connectivity index (χ0v) is 11.2. The molecule has 2 aliphatic rings. The molecule has 0 aliphatic carbocycles. The molecule has 2 rings (SSSR count). The number of piperazine rings is 1. The minimum absolute atomic E-state index is 0.00742. The van der Waals surface area contributed by atoms with Crippen molar-refractivity contribution in [1.82, 2.24) is 14.7 Å². The quantitative estimate of drug-likeness (QED) is 0.674. The first-order chi connectivity index (χ1) is 9.08. The molecule has 1 amide bonds. The van der Waals surface area contributed by atoms with Crippen molar-refractivity contribution in [2.45, 2.75) is 6.04 Å². The van der Waals surface area contributed by atoms with Crippen molar-refractivity contribution in [3.63, 3.8) is 0 Å². The molecule has 0 aromatic carbocycles. The Balaban J connectivity index is 1.85. The second kappa shape index (κ2) is 6.31. The fourth-order valence-electron chi connectivity index (χ4n) is 2.41. The molecule has 0 radical (unpaired) electrons. The number of ether oxygens (including phenoxy) is 1. The number of carbonyl (C=O) groups is 2. The highest BCUT2D eigenvalue weighted by atomic mass is 16.5. The summed E-state index contributed by atoms with van der Waals surface area (Å²) in [6, 6.07) is -0.839. The lowest BCUT2D eigenvalue weighted by Gasteiger charge is -2.36. The summed E-state index contributed by atoms with van der Waals surface area (Å²) in [6.45, 7) is 5.22. The van der Waals surface area contributed by atoms with E-state index in [1.807, 2.05) is 0 Å². The van der Waals surface area contributed by atoms with Gasteiger partial charge in [0.1, 0.15) is 6.61 Å². The normalized spacial score (nSPS) is 26.7. The number of nitrogens with zero attached hydrogens (tertiary/aromatic N) is 3. The van der Waals surface area contributed by atoms with E-state index in [1.54, 1.807) is 0 Å². The van der Waals surface area contributed by atoms with Gasteiger partial charge in [0.15, 0.2) is 6.04 Å². The van der Waals surface area contributed by atoms with Gasteiger partial charge in [0.05, 0.1) is 6.61 Å². The molecule has 1 atom stereocenters. The van der Waals surface area contributed by atoms with Gasteiger partial charge in [-0.2, -0.15) is 0 Å². The second-order valence-electron chi connectivity index (χ2n) is 5.10. The maximum atomic E-state index is 11.7. The third kappa shape index (κ3) is 3.65. The first-order valence-corrected chi connectivity index (χ1v) is 6.59. The van der Waals surface area contributed by atoms with Crippen molar-refractivity contribution in [2.24, 2.45) is 0 Å². The van der Waals surface area contributed by atoms with E-state index in [1.165, 1.54) is 4.90 Å². The first-order valence-electron chi connectivity index (χ1n) is 6.59. The number of rotatable bonds is 4. The molecule has 7 heteroatoms. The standard InChI is InChI=1S/C12H21N3O4/c1-13-2-4-14(5-3-13)6-7-15-10(12(17)18)8-19-9-11(15)16/h10H,2-9H2,1H3,(H,17,18). The van der Waals surface area contributed by atoms with Crippen LogP contribution in [0.1, 0.15) is 0 Å². The van der Waals surface area contributed by atoms with Crippen LogP contribution in [0.3, 0.4) is 0 Å². The summed E-state index contributed by atoms with van der Waals surface area (Å²) in [4.78, 5) is 28.8. The maximum Gasteiger partial charge on any atom is 0.328 e. The first kappa shape index (κ1) is 14.2. The molecule has 108 valence electrons. The van der Waals surface area contributed by atoms with Crippen LogP contribution in [0.5, 0.6) is 0 Å². The van der Waals surface area contributed by atoms with Gasteiger partial charge in [0, 0.05) is 39.3 Å². The highest BCUT2D eigenvalue weighted by Gasteiger charge is 2.33. The lowest BCUT2D eigenvalue weighted by Crippen LogP contribution is -2.56. The summed E-state index contributed by atoms with van der Waals surface area (Å²) in [5, 5.41) is 9.10. The summed E-state index contributed by atoms with van der Waals surface area (Å²) in [6.07, 6.45) is 0. The molecule has 0 bridgehead atoms. The van der Waals surface area contributed by atoms with Crippen LogP contribution in [0.25, 0.3) is 0 Å². The van der Waals surface area contributed by atoms with E-state index in [0.29, 0.717) is 6.54 Å². The van der Waals surface area contributed by atoms with Crippen LogP contribution in [-0.2, 0) is 14.3 Å². The molecular weight excluding hydrogens is 250 g/mol. The van der Waals surface area contributed by atoms with Gasteiger partial charge < -0.3 is 19.6 Å². The monoisotopic (exact) mass is 271 g/mol. The van der Waals surface area contributed by atoms with Crippen molar-refractivity contribution >= 4 is 11.9 Å². The number of likely N-dealkylation sites (N-methyl/N-ethyl adjacent to an activating group) is 1. The van der Waals surface area contributed by atoms with Crippen molar-refractivity contribution in [3.8, 4) is 0 Å². The molecule has 0 aromatic rings. The summed E-state index contributed by atoms with van der Waals surface area (Å²) in [5.74, 6) is -1.22. The van der Waals surface area contributed by atoms with Crippen molar-refractivity contribution in [1.29, 1.82) is 0 Å². The molecule has 0 saturated carbocycles. The van der Waals surface area contributed by atoms with Crippen LogP contribution < -0.4 is 0 Å². The number of hydrogen-bond acceptors (Lipinski definition) is 5. The summed E-state index contributed by atoms with van der Waals surface area (Å²) >= 11 is 0. The smallest absolute Gasteiger partial charge is 0.328 e. The highest BCUT2D eigenvalue weighted by Crippen LogP contribution is 2.09. The number of carbonyl (C=O) groups excluding carboxylic acids is 1. The molecule has 7 nitrogen and oxygen atoms in total. The molecule has 2 aliphatic heterocycles. The zero-order chi connectivity index (χ0) is 13.8. The Bertz CT molecular complexity index is 342. The van der Waals surface area contributed by atoms with Crippen molar-refractivity contribution in [3.05, 3.63) is 0 Å². The third-order valence-electron chi connectivity index (χ3n) is 3.74. The fourth-order valence-corrected chi connectivity index (χ4v) is 2.41. The van der Waals surface area contributed by atoms with Gasteiger partial charge in [-0.3, -0.25) is 9.69 Å². The topological polar surface area (TPSA) is 73.3 Å². The number of carboxylic acid groups (broad SMARTS) is 1. The average Bonchev–Trinajstić information content (AvgIpc) is 2.39. The van der Waals surface area contributed by atoms with Crippen LogP contribution in [0.2, 0.25) is 0 Å². The fraction of sp³-hybridized carbons (Fsp3) is 0.833. The van der Waals surface area contributed by atoms with Gasteiger partial charge in [-0.15, -0.1) is 0 Å². The average molecular weight is 271 g/mol. The largest absolute Gasteiger partial charge is 0.480 e. The van der Waals surface area contributed by atoms with Gasteiger partial charge in [0.25, 0.3) is 0 Å². The molecule has 1 unspecified atom stereocenters. The highest BCUT2D eigenvalue weighted by molar-refractivity contribution is 5.85. The number of aliphatic carboxylic acids is 1. The summed E-state index contributed by atoms with van der Waals surface area (Å²) in [5.41, 5.74) is 0. The van der Waals surface area contributed by atoms with Crippen LogP contribution in [0.4, 0.5) is 0 Å². The van der Waals surface area contributed by atoms with E-state index >= 15 is 0 Å². The predicted octanol–water partition coefficient (Wildman–Crippen LogP) is -1.45. The Kier molecular flexibility index (Phi) is 4.73. The Morgan fingerprint density at radius 1 is 1.32 bits per heavy atom. The Labute approximate surface area is 112 Å². The number of carboxylic acids is 1. The lowest BCUT2D eigenvalue weighted by atomic mass is 10.2. The SMILES string of the molecule is CN1CCN(CCN2C(=O)COCC2C(=O)O)CC1. The second-order valence-corrected chi connectivity index (χ2v) is 5.10. The molecule has 2 saturated heterocycles. The Morgan fingerprint density at radius 2 is 2.00 bits per heavy atom. The molecular formula is C12H21N3O4. The van der Waals surface area contributed by atoms with Gasteiger partial charge in [-0.05, 0) is 7.05 Å². The van der Waals surface area contributed by atoms with Gasteiger partial charge in [0.2, 0.25) is 5.91 Å². The van der Waals surface area contributed by atoms with Crippen LogP contribution in [0.15, 0.2) is 0 Å². The van der Waals surface area contributed by atoms with E-state index in [9.17, 15) is 9.59 Å². The molecule has 1 N–H and O–H groups in total. The van der Waals surface area contributed by atoms with E-state index < -0.39 is 12.0 Å². The van der Waals surface area contributed by atoms with Crippen LogP contribution >= 0.6 is 0 Å². The molecule has 0 spiro atoms. The number of amides is 1. The van der Waals surface area contributed by atoms with E-state index in [2.05, 4.69) is 16.8 Å². The zero-order valence-electron chi connectivity index (χ0n) is 11.2. The van der Waals surface area contributed by atoms with E-state index in [0.717, 1.165) is 32.7 Å². The predicted molar refractivity (Wildman–Crippen MR) is 67.9 cm³/mol. The summed E-state index contributed by atoms with van der Waals surface area (Å²) < 4.78 is 5.00. The molecule has 2 heterocycles. The third-order valence-corrected chi connectivity index (χ3v) is 3.74. The lowest BCUT2D eigenvalue weighted by molar-refractivity contribution is -0.162. The van der Waals surface area contributed by atoms with Gasteiger partial charge >= 0.3 is 5.97 Å². The summed E-state index contributed by atoms with van der Waals surface area (Å²) in [7, 11) is 2.09. The minimum atomic E-state index is -0.994. The molecule has 2 fully saturated rings. The van der Waals surface area contributed by atoms with E-state index in [4.69, 9.17) is 9.84 Å². The Hall–Kier alpha value is -1.18. The Morgan fingerprint density at radius 3 is 2.63 bits per heavy atom. The van der Waals surface area contributed by atoms with Gasteiger partial charge in [-0.1, -0.05) is 0 Å². The van der Waals surface area contributed by atoms with Crippen LogP contribution in [0, 0.1) is 0 Å². The van der Waals surface area contributed by atoms with E-state index in [-0.39, 0.29) is 19.1 Å². The van der Waals surface area contributed by atoms with Gasteiger partial charge in [-0.25, -0.2) is 4.79 Å². The number of morpholine rings is 1. The number of hydrogen-bond donors (Lipinski definition) is 1. The molecule has 0 aromatic heterocycles. The van der Waals surface area contributed by atoms with Crippen molar-refractivity contribution in [2.75, 3.05) is 59.5 Å². The minimum Gasteiger partial charge on any atom is -0.480 e. The maximum absolute atomic E-state index is 11.7. The van der Waals surface area contributed by atoms with Crippen molar-refractivity contribution < 1.29 is 19.4 Å². The van der Waals surface area contributed by atoms with Crippen LogP contribution in [-0.4, -0.2) is 97.3 Å².